The number of fused-ring (bicyclic) bond motifs is 3. The Morgan fingerprint density at radius 2 is 1.76 bits per heavy atom. The number of rotatable bonds is 3. The van der Waals surface area contributed by atoms with Crippen molar-refractivity contribution in [1.29, 1.82) is 0 Å². The molecule has 166 valence electrons. The number of aryl methyl sites for hydroxylation is 1. The first-order chi connectivity index (χ1) is 16.1. The van der Waals surface area contributed by atoms with Crippen molar-refractivity contribution in [3.8, 4) is 0 Å². The second-order valence-corrected chi connectivity index (χ2v) is 8.91. The van der Waals surface area contributed by atoms with E-state index in [0.29, 0.717) is 19.5 Å². The molecule has 2 aliphatic heterocycles. The predicted octanol–water partition coefficient (Wildman–Crippen LogP) is 2.81. The highest BCUT2D eigenvalue weighted by molar-refractivity contribution is 6.10. The van der Waals surface area contributed by atoms with Crippen LogP contribution >= 0.6 is 0 Å². The average Bonchev–Trinajstić information content (AvgIpc) is 3.53. The van der Waals surface area contributed by atoms with Crippen molar-refractivity contribution < 1.29 is 14.4 Å². The molecule has 1 fully saturated rings. The van der Waals surface area contributed by atoms with Crippen molar-refractivity contribution in [1.82, 2.24) is 19.7 Å². The van der Waals surface area contributed by atoms with E-state index in [4.69, 9.17) is 0 Å². The number of urea groups is 1. The van der Waals surface area contributed by atoms with Crippen LogP contribution in [0.15, 0.2) is 72.9 Å². The van der Waals surface area contributed by atoms with Crippen molar-refractivity contribution in [2.24, 2.45) is 0 Å². The summed E-state index contributed by atoms with van der Waals surface area (Å²) in [6.45, 7) is 0.922. The van der Waals surface area contributed by atoms with Crippen LogP contribution in [-0.4, -0.2) is 45.3 Å². The van der Waals surface area contributed by atoms with Gasteiger partial charge in [0.1, 0.15) is 12.1 Å². The van der Waals surface area contributed by atoms with Crippen LogP contribution in [-0.2, 0) is 28.1 Å². The number of benzene rings is 2. The molecule has 1 spiro atoms. The van der Waals surface area contributed by atoms with Crippen LogP contribution in [0.25, 0.3) is 0 Å². The minimum absolute atomic E-state index is 0.233. The maximum atomic E-state index is 13.6. The average molecular weight is 441 g/mol. The van der Waals surface area contributed by atoms with Gasteiger partial charge in [-0.3, -0.25) is 14.5 Å². The molecule has 7 nitrogen and oxygen atoms in total. The summed E-state index contributed by atoms with van der Waals surface area (Å²) >= 11 is 0. The third-order valence-electron chi connectivity index (χ3n) is 7.19. The van der Waals surface area contributed by atoms with E-state index in [1.54, 1.807) is 4.90 Å². The number of hydrogen-bond donors (Lipinski definition) is 1. The molecule has 1 aliphatic carbocycles. The van der Waals surface area contributed by atoms with Gasteiger partial charge in [-0.1, -0.05) is 54.6 Å². The first-order valence-corrected chi connectivity index (χ1v) is 11.3. The summed E-state index contributed by atoms with van der Waals surface area (Å²) in [5.74, 6) is -0.564. The van der Waals surface area contributed by atoms with E-state index in [0.717, 1.165) is 33.7 Å². The highest BCUT2D eigenvalue weighted by Gasteiger charge is 2.55. The van der Waals surface area contributed by atoms with Gasteiger partial charge in [0.15, 0.2) is 0 Å². The van der Waals surface area contributed by atoms with Crippen LogP contribution in [0.2, 0.25) is 0 Å². The number of hydrogen-bond acceptors (Lipinski definition) is 3. The Kier molecular flexibility index (Phi) is 4.40. The van der Waals surface area contributed by atoms with Crippen molar-refractivity contribution in [3.63, 3.8) is 0 Å². The minimum Gasteiger partial charge on any atom is -0.348 e. The zero-order valence-corrected chi connectivity index (χ0v) is 18.1. The number of imide groups is 1. The van der Waals surface area contributed by atoms with E-state index in [2.05, 4.69) is 9.88 Å². The number of carbonyl (C=O) groups is 3. The fraction of sp³-hybridized carbons (Fsp3) is 0.269. The van der Waals surface area contributed by atoms with Gasteiger partial charge in [0, 0.05) is 25.0 Å². The minimum atomic E-state index is -1.05. The fourth-order valence-corrected chi connectivity index (χ4v) is 5.60. The third-order valence-corrected chi connectivity index (χ3v) is 7.19. The summed E-state index contributed by atoms with van der Waals surface area (Å²) in [7, 11) is 0. The lowest BCUT2D eigenvalue weighted by Gasteiger charge is -2.38. The predicted molar refractivity (Wildman–Crippen MR) is 121 cm³/mol. The van der Waals surface area contributed by atoms with Crippen LogP contribution < -0.4 is 5.32 Å². The largest absolute Gasteiger partial charge is 0.348 e. The standard InChI is InChI=1S/C26H24N4O3/c31-22(29-16-15-28-14-6-11-21(28)23(29)19-8-2-1-3-9-19)17-30-24(32)26(27-25(30)33)13-12-18-7-4-5-10-20(18)26/h1-11,14,23H,12-13,15-17H2,(H,27,33). The fourth-order valence-electron chi connectivity index (χ4n) is 5.60. The van der Waals surface area contributed by atoms with E-state index >= 15 is 0 Å². The molecule has 0 radical (unpaired) electrons. The molecule has 2 unspecified atom stereocenters. The molecule has 0 bridgehead atoms. The Morgan fingerprint density at radius 1 is 0.970 bits per heavy atom. The van der Waals surface area contributed by atoms with E-state index in [-0.39, 0.29) is 24.4 Å². The van der Waals surface area contributed by atoms with Crippen molar-refractivity contribution in [2.75, 3.05) is 13.1 Å². The molecule has 2 atom stereocenters. The zero-order valence-electron chi connectivity index (χ0n) is 18.1. The molecule has 3 aromatic rings. The van der Waals surface area contributed by atoms with Crippen molar-refractivity contribution in [2.45, 2.75) is 31.0 Å². The molecule has 4 amide bonds. The van der Waals surface area contributed by atoms with Crippen LogP contribution in [0, 0.1) is 0 Å². The van der Waals surface area contributed by atoms with Gasteiger partial charge in [0.05, 0.1) is 6.04 Å². The van der Waals surface area contributed by atoms with E-state index in [9.17, 15) is 14.4 Å². The second kappa shape index (κ2) is 7.33. The van der Waals surface area contributed by atoms with Crippen molar-refractivity contribution >= 4 is 17.8 Å². The number of carbonyl (C=O) groups excluding carboxylic acids is 3. The first kappa shape index (κ1) is 19.8. The SMILES string of the molecule is O=C1NC2(CCc3ccccc32)C(=O)N1CC(=O)N1CCn2cccc2C1c1ccccc1. The number of aromatic nitrogens is 1. The Hall–Kier alpha value is -3.87. The van der Waals surface area contributed by atoms with E-state index in [1.165, 1.54) is 0 Å². The van der Waals surface area contributed by atoms with Gasteiger partial charge >= 0.3 is 6.03 Å². The monoisotopic (exact) mass is 440 g/mol. The zero-order chi connectivity index (χ0) is 22.6. The summed E-state index contributed by atoms with van der Waals surface area (Å²) in [6, 6.07) is 20.8. The van der Waals surface area contributed by atoms with Gasteiger partial charge in [0.25, 0.3) is 5.91 Å². The summed E-state index contributed by atoms with van der Waals surface area (Å²) in [4.78, 5) is 42.8. The van der Waals surface area contributed by atoms with Gasteiger partial charge in [-0.15, -0.1) is 0 Å². The molecule has 3 heterocycles. The van der Waals surface area contributed by atoms with Crippen LogP contribution in [0.1, 0.15) is 34.8 Å². The Labute approximate surface area is 191 Å². The summed E-state index contributed by atoms with van der Waals surface area (Å²) < 4.78 is 2.15. The van der Waals surface area contributed by atoms with E-state index < -0.39 is 11.6 Å². The highest BCUT2D eigenvalue weighted by atomic mass is 16.2. The maximum Gasteiger partial charge on any atom is 0.325 e. The quantitative estimate of drug-likeness (QED) is 0.637. The number of amides is 4. The smallest absolute Gasteiger partial charge is 0.325 e. The summed E-state index contributed by atoms with van der Waals surface area (Å²) in [6.07, 6.45) is 3.26. The van der Waals surface area contributed by atoms with Gasteiger partial charge in [-0.05, 0) is 41.7 Å². The van der Waals surface area contributed by atoms with Gasteiger partial charge in [-0.2, -0.15) is 0 Å². The molecule has 1 aromatic heterocycles. The molecule has 3 aliphatic rings. The molecule has 7 heteroatoms. The number of nitrogens with one attached hydrogen (secondary N) is 1. The molecule has 0 saturated carbocycles. The molecule has 33 heavy (non-hydrogen) atoms. The summed E-state index contributed by atoms with van der Waals surface area (Å²) in [5.41, 5.74) is 2.89. The lowest BCUT2D eigenvalue weighted by atomic mass is 9.92. The lowest BCUT2D eigenvalue weighted by molar-refractivity contribution is -0.140. The summed E-state index contributed by atoms with van der Waals surface area (Å²) in [5, 5.41) is 2.91. The maximum absolute atomic E-state index is 13.6. The molecule has 1 N–H and O–H groups in total. The van der Waals surface area contributed by atoms with Gasteiger partial charge in [-0.25, -0.2) is 4.79 Å². The Bertz CT molecular complexity index is 1270. The first-order valence-electron chi connectivity index (χ1n) is 11.3. The second-order valence-electron chi connectivity index (χ2n) is 8.91. The Balaban J connectivity index is 1.29. The topological polar surface area (TPSA) is 74.7 Å². The van der Waals surface area contributed by atoms with Crippen LogP contribution in [0.4, 0.5) is 4.79 Å². The van der Waals surface area contributed by atoms with Gasteiger partial charge < -0.3 is 14.8 Å². The molecular weight excluding hydrogens is 416 g/mol. The molecule has 1 saturated heterocycles. The normalized spacial score (nSPS) is 23.6. The number of nitrogens with zero attached hydrogens (tertiary/aromatic N) is 3. The van der Waals surface area contributed by atoms with Crippen LogP contribution in [0.3, 0.4) is 0 Å². The molecule has 6 rings (SSSR count). The highest BCUT2D eigenvalue weighted by Crippen LogP contribution is 2.41. The molecular formula is C26H24N4O3. The van der Waals surface area contributed by atoms with E-state index in [1.807, 2.05) is 72.9 Å². The lowest BCUT2D eigenvalue weighted by Crippen LogP contribution is -2.48. The van der Waals surface area contributed by atoms with Crippen molar-refractivity contribution in [3.05, 3.63) is 95.3 Å². The van der Waals surface area contributed by atoms with Gasteiger partial charge in [0.2, 0.25) is 5.91 Å². The third kappa shape index (κ3) is 2.92. The van der Waals surface area contributed by atoms with Crippen LogP contribution in [0.5, 0.6) is 0 Å². The molecule has 2 aromatic carbocycles. The Morgan fingerprint density at radius 3 is 2.61 bits per heavy atom.